The van der Waals surface area contributed by atoms with E-state index in [9.17, 15) is 14.9 Å². The molecule has 1 aliphatic rings. The molecule has 182 valence electrons. The van der Waals surface area contributed by atoms with Gasteiger partial charge in [-0.15, -0.1) is 0 Å². The van der Waals surface area contributed by atoms with Crippen molar-refractivity contribution in [3.05, 3.63) is 99.6 Å². The molecule has 2 amide bonds. The van der Waals surface area contributed by atoms with Crippen LogP contribution >= 0.6 is 11.8 Å². The lowest BCUT2D eigenvalue weighted by Gasteiger charge is -2.19. The van der Waals surface area contributed by atoms with Crippen LogP contribution in [-0.4, -0.2) is 24.2 Å². The lowest BCUT2D eigenvalue weighted by Crippen LogP contribution is -2.30. The monoisotopic (exact) mass is 497 g/mol. The molecule has 0 spiro atoms. The Bertz CT molecular complexity index is 1390. The first-order valence-corrected chi connectivity index (χ1v) is 12.4. The zero-order valence-corrected chi connectivity index (χ0v) is 21.5. The van der Waals surface area contributed by atoms with E-state index in [0.29, 0.717) is 28.6 Å². The van der Waals surface area contributed by atoms with E-state index in [4.69, 9.17) is 4.74 Å². The van der Waals surface area contributed by atoms with Crippen molar-refractivity contribution in [2.75, 3.05) is 17.3 Å². The van der Waals surface area contributed by atoms with Gasteiger partial charge in [0.25, 0.3) is 5.91 Å². The highest BCUT2D eigenvalue weighted by atomic mass is 32.2. The number of methoxy groups -OCH3 is 1. The SMILES string of the molecule is COc1ccc(N2C(=O)C(Cc3ccc(C)c(C)c3)S/C2=C(/C#N)C(=O)Nc2cccc(C)c2)cc1. The first-order valence-electron chi connectivity index (χ1n) is 11.5. The van der Waals surface area contributed by atoms with Gasteiger partial charge in [-0.3, -0.25) is 14.5 Å². The van der Waals surface area contributed by atoms with Gasteiger partial charge in [0.05, 0.1) is 12.4 Å². The summed E-state index contributed by atoms with van der Waals surface area (Å²) in [6.45, 7) is 6.02. The van der Waals surface area contributed by atoms with Crippen LogP contribution in [-0.2, 0) is 16.0 Å². The molecule has 0 radical (unpaired) electrons. The standard InChI is InChI=1S/C29H27N3O3S/c1-18-6-5-7-22(14-18)31-27(33)25(17-30)29-32(23-10-12-24(35-4)13-11-23)28(34)26(36-29)16-21-9-8-19(2)20(3)15-21/h5-15,26H,16H2,1-4H3,(H,31,33)/b29-25-. The van der Waals surface area contributed by atoms with Crippen molar-refractivity contribution in [2.24, 2.45) is 0 Å². The minimum Gasteiger partial charge on any atom is -0.497 e. The largest absolute Gasteiger partial charge is 0.497 e. The number of thioether (sulfide) groups is 1. The number of amides is 2. The van der Waals surface area contributed by atoms with Gasteiger partial charge in [-0.05, 0) is 85.8 Å². The number of benzene rings is 3. The second-order valence-corrected chi connectivity index (χ2v) is 9.91. The van der Waals surface area contributed by atoms with Gasteiger partial charge in [0.2, 0.25) is 5.91 Å². The quantitative estimate of drug-likeness (QED) is 0.350. The van der Waals surface area contributed by atoms with Crippen LogP contribution in [0.5, 0.6) is 5.75 Å². The summed E-state index contributed by atoms with van der Waals surface area (Å²) in [6.07, 6.45) is 0.485. The van der Waals surface area contributed by atoms with Crippen molar-refractivity contribution in [1.82, 2.24) is 0 Å². The van der Waals surface area contributed by atoms with Crippen molar-refractivity contribution in [3.8, 4) is 11.8 Å². The van der Waals surface area contributed by atoms with Crippen LogP contribution in [0.1, 0.15) is 22.3 Å². The van der Waals surface area contributed by atoms with E-state index >= 15 is 0 Å². The molecule has 1 unspecified atom stereocenters. The van der Waals surface area contributed by atoms with Crippen molar-refractivity contribution >= 4 is 35.0 Å². The molecule has 0 aromatic heterocycles. The normalized spacial score (nSPS) is 16.5. The molecule has 1 heterocycles. The molecule has 6 nitrogen and oxygen atoms in total. The average molecular weight is 498 g/mol. The Morgan fingerprint density at radius 2 is 1.81 bits per heavy atom. The van der Waals surface area contributed by atoms with E-state index in [1.165, 1.54) is 22.2 Å². The van der Waals surface area contributed by atoms with E-state index in [1.807, 2.05) is 51.1 Å². The van der Waals surface area contributed by atoms with E-state index in [0.717, 1.165) is 16.7 Å². The molecule has 36 heavy (non-hydrogen) atoms. The Labute approximate surface area is 215 Å². The highest BCUT2D eigenvalue weighted by Gasteiger charge is 2.40. The lowest BCUT2D eigenvalue weighted by molar-refractivity contribution is -0.117. The van der Waals surface area contributed by atoms with Crippen molar-refractivity contribution < 1.29 is 14.3 Å². The van der Waals surface area contributed by atoms with Gasteiger partial charge in [-0.1, -0.05) is 42.1 Å². The molecule has 1 saturated heterocycles. The third-order valence-electron chi connectivity index (χ3n) is 6.10. The zero-order valence-electron chi connectivity index (χ0n) is 20.7. The summed E-state index contributed by atoms with van der Waals surface area (Å²) in [7, 11) is 1.57. The number of aryl methyl sites for hydroxylation is 3. The summed E-state index contributed by atoms with van der Waals surface area (Å²) in [4.78, 5) is 28.4. The molecule has 4 rings (SSSR count). The number of anilines is 2. The third kappa shape index (κ3) is 5.29. The van der Waals surface area contributed by atoms with Crippen LogP contribution in [0.25, 0.3) is 0 Å². The Balaban J connectivity index is 1.73. The van der Waals surface area contributed by atoms with Gasteiger partial charge in [0.15, 0.2) is 0 Å². The maximum atomic E-state index is 13.7. The number of carbonyl (C=O) groups is 2. The highest BCUT2D eigenvalue weighted by molar-refractivity contribution is 8.05. The van der Waals surface area contributed by atoms with E-state index in [1.54, 1.807) is 37.4 Å². The summed E-state index contributed by atoms with van der Waals surface area (Å²) >= 11 is 1.25. The maximum Gasteiger partial charge on any atom is 0.269 e. The summed E-state index contributed by atoms with van der Waals surface area (Å²) < 4.78 is 5.25. The van der Waals surface area contributed by atoms with Crippen LogP contribution in [0.15, 0.2) is 77.3 Å². The van der Waals surface area contributed by atoms with Crippen LogP contribution in [0.4, 0.5) is 11.4 Å². The molecule has 1 N–H and O–H groups in total. The number of hydrogen-bond donors (Lipinski definition) is 1. The van der Waals surface area contributed by atoms with Crippen LogP contribution in [0.3, 0.4) is 0 Å². The van der Waals surface area contributed by atoms with Gasteiger partial charge < -0.3 is 10.1 Å². The van der Waals surface area contributed by atoms with Gasteiger partial charge in [0, 0.05) is 11.4 Å². The van der Waals surface area contributed by atoms with Crippen molar-refractivity contribution in [2.45, 2.75) is 32.4 Å². The average Bonchev–Trinajstić information content (AvgIpc) is 3.17. The Morgan fingerprint density at radius 1 is 1.06 bits per heavy atom. The van der Waals surface area contributed by atoms with Crippen molar-refractivity contribution in [1.29, 1.82) is 5.26 Å². The number of nitrogens with one attached hydrogen (secondary N) is 1. The molecule has 7 heteroatoms. The molecule has 3 aromatic rings. The third-order valence-corrected chi connectivity index (χ3v) is 7.37. The molecular formula is C29H27N3O3S. The van der Waals surface area contributed by atoms with E-state index in [-0.39, 0.29) is 11.5 Å². The number of carbonyl (C=O) groups excluding carboxylic acids is 2. The molecule has 3 aromatic carbocycles. The van der Waals surface area contributed by atoms with Gasteiger partial charge in [-0.25, -0.2) is 0 Å². The van der Waals surface area contributed by atoms with Crippen LogP contribution in [0.2, 0.25) is 0 Å². The summed E-state index contributed by atoms with van der Waals surface area (Å²) in [5.74, 6) is -0.0776. The smallest absolute Gasteiger partial charge is 0.269 e. The van der Waals surface area contributed by atoms with E-state index < -0.39 is 11.2 Å². The van der Waals surface area contributed by atoms with Gasteiger partial charge in [-0.2, -0.15) is 5.26 Å². The summed E-state index contributed by atoms with van der Waals surface area (Å²) in [5, 5.41) is 12.7. The van der Waals surface area contributed by atoms with E-state index in [2.05, 4.69) is 17.5 Å². The number of nitriles is 1. The summed E-state index contributed by atoms with van der Waals surface area (Å²) in [5.41, 5.74) is 5.41. The second-order valence-electron chi connectivity index (χ2n) is 8.72. The lowest BCUT2D eigenvalue weighted by atomic mass is 10.0. The van der Waals surface area contributed by atoms with Crippen molar-refractivity contribution in [3.63, 3.8) is 0 Å². The number of nitrogens with zero attached hydrogens (tertiary/aromatic N) is 2. The maximum absolute atomic E-state index is 13.7. The molecule has 1 aliphatic heterocycles. The highest BCUT2D eigenvalue weighted by Crippen LogP contribution is 2.42. The minimum absolute atomic E-state index is 0.103. The molecule has 1 fully saturated rings. The molecule has 0 saturated carbocycles. The van der Waals surface area contributed by atoms with Crippen LogP contribution in [0, 0.1) is 32.1 Å². The molecule has 1 atom stereocenters. The number of hydrogen-bond acceptors (Lipinski definition) is 5. The first kappa shape index (κ1) is 25.1. The Hall–Kier alpha value is -4.02. The first-order chi connectivity index (χ1) is 17.3. The summed E-state index contributed by atoms with van der Waals surface area (Å²) in [6, 6.07) is 22.6. The Morgan fingerprint density at radius 3 is 2.44 bits per heavy atom. The predicted octanol–water partition coefficient (Wildman–Crippen LogP) is 5.69. The molecule has 0 aliphatic carbocycles. The van der Waals surface area contributed by atoms with Gasteiger partial charge in [0.1, 0.15) is 22.4 Å². The minimum atomic E-state index is -0.552. The molecular weight excluding hydrogens is 470 g/mol. The molecule has 0 bridgehead atoms. The van der Waals surface area contributed by atoms with Gasteiger partial charge >= 0.3 is 0 Å². The zero-order chi connectivity index (χ0) is 25.8. The fourth-order valence-corrected chi connectivity index (χ4v) is 5.32. The second kappa shape index (κ2) is 10.7. The fourth-order valence-electron chi connectivity index (χ4n) is 4.01. The fraction of sp³-hybridized carbons (Fsp3) is 0.207. The number of ether oxygens (including phenoxy) is 1. The topological polar surface area (TPSA) is 82.4 Å². The number of rotatable bonds is 6. The van der Waals surface area contributed by atoms with Crippen LogP contribution < -0.4 is 15.0 Å². The Kier molecular flexibility index (Phi) is 7.47. The predicted molar refractivity (Wildman–Crippen MR) is 144 cm³/mol.